The van der Waals surface area contributed by atoms with Crippen molar-refractivity contribution in [2.24, 2.45) is 0 Å². The van der Waals surface area contributed by atoms with Gasteiger partial charge in [-0.1, -0.05) is 19.1 Å². The predicted octanol–water partition coefficient (Wildman–Crippen LogP) is 1.42. The van der Waals surface area contributed by atoms with Crippen LogP contribution in [0.3, 0.4) is 0 Å². The van der Waals surface area contributed by atoms with Crippen LogP contribution in [0.2, 0.25) is 0 Å². The largest absolute Gasteiger partial charge is 0.398 e. The molecular weight excluding hydrogens is 274 g/mol. The fourth-order valence-corrected chi connectivity index (χ4v) is 4.04. The van der Waals surface area contributed by atoms with Crippen LogP contribution in [0.5, 0.6) is 0 Å². The first kappa shape index (κ1) is 15.3. The van der Waals surface area contributed by atoms with Crippen molar-refractivity contribution in [1.29, 1.82) is 0 Å². The van der Waals surface area contributed by atoms with Gasteiger partial charge in [0.2, 0.25) is 10.0 Å². The third-order valence-electron chi connectivity index (χ3n) is 3.66. The molecule has 1 aliphatic heterocycles. The first-order chi connectivity index (χ1) is 9.53. The van der Waals surface area contributed by atoms with Crippen molar-refractivity contribution in [3.05, 3.63) is 24.3 Å². The van der Waals surface area contributed by atoms with Crippen LogP contribution >= 0.6 is 0 Å². The molecule has 6 heteroatoms. The molecule has 0 radical (unpaired) electrons. The monoisotopic (exact) mass is 297 g/mol. The quantitative estimate of drug-likeness (QED) is 0.806. The molecule has 1 aliphatic rings. The normalized spacial score (nSPS) is 18.2. The molecule has 0 saturated carbocycles. The van der Waals surface area contributed by atoms with Gasteiger partial charge < -0.3 is 10.6 Å². The highest BCUT2D eigenvalue weighted by atomic mass is 32.2. The van der Waals surface area contributed by atoms with Gasteiger partial charge in [0.05, 0.1) is 5.69 Å². The standard InChI is InChI=1S/C14H23N3O2S/c1-2-9-17-10-7-12(8-11-17)16-20(18,19)14-6-4-3-5-13(14)15/h3-6,12,16H,2,7-11,15H2,1H3. The van der Waals surface area contributed by atoms with Crippen molar-refractivity contribution in [3.8, 4) is 0 Å². The molecule has 0 amide bonds. The number of benzene rings is 1. The number of anilines is 1. The molecular formula is C14H23N3O2S. The Morgan fingerprint density at radius 2 is 1.95 bits per heavy atom. The molecule has 5 nitrogen and oxygen atoms in total. The number of piperidine rings is 1. The second-order valence-electron chi connectivity index (χ2n) is 5.28. The summed E-state index contributed by atoms with van der Waals surface area (Å²) in [4.78, 5) is 2.55. The highest BCUT2D eigenvalue weighted by Gasteiger charge is 2.25. The Balaban J connectivity index is 1.99. The molecule has 1 saturated heterocycles. The number of sulfonamides is 1. The van der Waals surface area contributed by atoms with Crippen molar-refractivity contribution >= 4 is 15.7 Å². The first-order valence-corrected chi connectivity index (χ1v) is 8.60. The third kappa shape index (κ3) is 3.71. The van der Waals surface area contributed by atoms with Crippen LogP contribution in [0.15, 0.2) is 29.2 Å². The summed E-state index contributed by atoms with van der Waals surface area (Å²) in [6, 6.07) is 6.59. The average Bonchev–Trinajstić information content (AvgIpc) is 2.41. The van der Waals surface area contributed by atoms with Gasteiger partial charge in [-0.3, -0.25) is 0 Å². The lowest BCUT2D eigenvalue weighted by molar-refractivity contribution is 0.208. The van der Waals surface area contributed by atoms with Gasteiger partial charge in [0.25, 0.3) is 0 Å². The number of para-hydroxylation sites is 1. The van der Waals surface area contributed by atoms with E-state index < -0.39 is 10.0 Å². The topological polar surface area (TPSA) is 75.4 Å². The molecule has 1 fully saturated rings. The lowest BCUT2D eigenvalue weighted by Gasteiger charge is -2.31. The SMILES string of the molecule is CCCN1CCC(NS(=O)(=O)c2ccccc2N)CC1. The molecule has 3 N–H and O–H groups in total. The first-order valence-electron chi connectivity index (χ1n) is 7.12. The Bertz CT molecular complexity index is 537. The number of likely N-dealkylation sites (tertiary alicyclic amines) is 1. The van der Waals surface area contributed by atoms with Crippen molar-refractivity contribution in [3.63, 3.8) is 0 Å². The number of rotatable bonds is 5. The van der Waals surface area contributed by atoms with Crippen LogP contribution in [-0.4, -0.2) is 39.0 Å². The Morgan fingerprint density at radius 1 is 1.30 bits per heavy atom. The van der Waals surface area contributed by atoms with E-state index in [4.69, 9.17) is 5.73 Å². The summed E-state index contributed by atoms with van der Waals surface area (Å²) in [6.45, 7) is 5.15. The van der Waals surface area contributed by atoms with Crippen LogP contribution < -0.4 is 10.5 Å². The lowest BCUT2D eigenvalue weighted by Crippen LogP contribution is -2.44. The van der Waals surface area contributed by atoms with E-state index in [2.05, 4.69) is 16.5 Å². The molecule has 0 unspecified atom stereocenters. The van der Waals surface area contributed by atoms with E-state index in [-0.39, 0.29) is 10.9 Å². The van der Waals surface area contributed by atoms with Crippen LogP contribution in [0.25, 0.3) is 0 Å². The van der Waals surface area contributed by atoms with E-state index in [1.807, 2.05) is 0 Å². The number of hydrogen-bond acceptors (Lipinski definition) is 4. The van der Waals surface area contributed by atoms with Gasteiger partial charge in [0, 0.05) is 6.04 Å². The number of hydrogen-bond donors (Lipinski definition) is 2. The van der Waals surface area contributed by atoms with E-state index in [1.165, 1.54) is 0 Å². The minimum absolute atomic E-state index is 0.00714. The Morgan fingerprint density at radius 3 is 2.55 bits per heavy atom. The Labute approximate surface area is 121 Å². The molecule has 1 aromatic rings. The number of nitrogens with zero attached hydrogens (tertiary/aromatic N) is 1. The molecule has 0 spiro atoms. The van der Waals surface area contributed by atoms with Crippen LogP contribution in [0.1, 0.15) is 26.2 Å². The molecule has 0 atom stereocenters. The van der Waals surface area contributed by atoms with Gasteiger partial charge in [-0.2, -0.15) is 0 Å². The number of nitrogens with two attached hydrogens (primary N) is 1. The molecule has 112 valence electrons. The van der Waals surface area contributed by atoms with E-state index in [0.717, 1.165) is 38.9 Å². The zero-order chi connectivity index (χ0) is 14.6. The van der Waals surface area contributed by atoms with Gasteiger partial charge in [0.1, 0.15) is 4.90 Å². The summed E-state index contributed by atoms with van der Waals surface area (Å²) in [5, 5.41) is 0. The predicted molar refractivity (Wildman–Crippen MR) is 80.9 cm³/mol. The molecule has 2 rings (SSSR count). The summed E-state index contributed by atoms with van der Waals surface area (Å²) >= 11 is 0. The highest BCUT2D eigenvalue weighted by Crippen LogP contribution is 2.19. The smallest absolute Gasteiger partial charge is 0.242 e. The Hall–Kier alpha value is -1.11. The summed E-state index contributed by atoms with van der Waals surface area (Å²) in [7, 11) is -3.51. The lowest BCUT2D eigenvalue weighted by atomic mass is 10.1. The van der Waals surface area contributed by atoms with Crippen molar-refractivity contribution < 1.29 is 8.42 Å². The second-order valence-corrected chi connectivity index (χ2v) is 6.96. The van der Waals surface area contributed by atoms with Gasteiger partial charge in [-0.15, -0.1) is 0 Å². The third-order valence-corrected chi connectivity index (χ3v) is 5.25. The maximum absolute atomic E-state index is 12.3. The summed E-state index contributed by atoms with van der Waals surface area (Å²) in [5.41, 5.74) is 6.04. The number of nitrogen functional groups attached to an aromatic ring is 1. The second kappa shape index (κ2) is 6.56. The molecule has 1 aromatic carbocycles. The van der Waals surface area contributed by atoms with E-state index in [1.54, 1.807) is 24.3 Å². The minimum atomic E-state index is -3.51. The Kier molecular flexibility index (Phi) is 5.01. The molecule has 0 bridgehead atoms. The zero-order valence-corrected chi connectivity index (χ0v) is 12.7. The minimum Gasteiger partial charge on any atom is -0.398 e. The molecule has 0 aliphatic carbocycles. The zero-order valence-electron chi connectivity index (χ0n) is 11.9. The fourth-order valence-electron chi connectivity index (χ4n) is 2.60. The molecule has 20 heavy (non-hydrogen) atoms. The van der Waals surface area contributed by atoms with Crippen LogP contribution in [-0.2, 0) is 10.0 Å². The summed E-state index contributed by atoms with van der Waals surface area (Å²) in [6.07, 6.45) is 2.84. The van der Waals surface area contributed by atoms with Crippen LogP contribution in [0.4, 0.5) is 5.69 Å². The van der Waals surface area contributed by atoms with Gasteiger partial charge >= 0.3 is 0 Å². The number of nitrogens with one attached hydrogen (secondary N) is 1. The summed E-state index contributed by atoms with van der Waals surface area (Å²) < 4.78 is 27.4. The van der Waals surface area contributed by atoms with Crippen molar-refractivity contribution in [1.82, 2.24) is 9.62 Å². The van der Waals surface area contributed by atoms with Crippen molar-refractivity contribution in [2.45, 2.75) is 37.1 Å². The van der Waals surface area contributed by atoms with E-state index >= 15 is 0 Å². The fraction of sp³-hybridized carbons (Fsp3) is 0.571. The van der Waals surface area contributed by atoms with Crippen molar-refractivity contribution in [2.75, 3.05) is 25.4 Å². The average molecular weight is 297 g/mol. The van der Waals surface area contributed by atoms with Gasteiger partial charge in [0.15, 0.2) is 0 Å². The maximum Gasteiger partial charge on any atom is 0.242 e. The van der Waals surface area contributed by atoms with Gasteiger partial charge in [-0.25, -0.2) is 13.1 Å². The molecule has 1 heterocycles. The maximum atomic E-state index is 12.3. The van der Waals surface area contributed by atoms with E-state index in [9.17, 15) is 8.42 Å². The van der Waals surface area contributed by atoms with E-state index in [0.29, 0.717) is 5.69 Å². The molecule has 0 aromatic heterocycles. The van der Waals surface area contributed by atoms with Gasteiger partial charge in [-0.05, 0) is 51.0 Å². The summed E-state index contributed by atoms with van der Waals surface area (Å²) in [5.74, 6) is 0. The van der Waals surface area contributed by atoms with Crippen LogP contribution in [0, 0.1) is 0 Å². The highest BCUT2D eigenvalue weighted by molar-refractivity contribution is 7.89.